The maximum Gasteiger partial charge on any atom is 0.116 e. The van der Waals surface area contributed by atoms with Crippen LogP contribution in [0.5, 0.6) is 0 Å². The number of nitriles is 1. The molecule has 4 heteroatoms. The third kappa shape index (κ3) is 3.67. The van der Waals surface area contributed by atoms with Crippen molar-refractivity contribution in [2.75, 3.05) is 26.2 Å². The minimum Gasteiger partial charge on any atom is -0.373 e. The number of hydrogen-bond donors (Lipinski definition) is 1. The van der Waals surface area contributed by atoms with Gasteiger partial charge < -0.3 is 4.74 Å². The van der Waals surface area contributed by atoms with Gasteiger partial charge in [-0.2, -0.15) is 5.26 Å². The molecule has 0 spiro atoms. The molecule has 1 saturated carbocycles. The Hall–Kier alpha value is -0.630. The van der Waals surface area contributed by atoms with E-state index in [2.05, 4.69) is 30.1 Å². The van der Waals surface area contributed by atoms with Crippen molar-refractivity contribution < 1.29 is 4.74 Å². The highest BCUT2D eigenvalue weighted by molar-refractivity contribution is 5.09. The molecular weight excluding hydrogens is 214 g/mol. The maximum atomic E-state index is 9.35. The van der Waals surface area contributed by atoms with Crippen LogP contribution in [0, 0.1) is 11.3 Å². The van der Waals surface area contributed by atoms with Gasteiger partial charge in [-0.3, -0.25) is 10.2 Å². The van der Waals surface area contributed by atoms with Crippen LogP contribution in [-0.4, -0.2) is 48.3 Å². The van der Waals surface area contributed by atoms with E-state index in [0.717, 1.165) is 26.2 Å². The van der Waals surface area contributed by atoms with Crippen LogP contribution in [0.1, 0.15) is 33.6 Å². The predicted molar refractivity (Wildman–Crippen MR) is 66.6 cm³/mol. The summed E-state index contributed by atoms with van der Waals surface area (Å²) in [6.45, 7) is 9.59. The van der Waals surface area contributed by atoms with Gasteiger partial charge in [0.25, 0.3) is 0 Å². The minimum atomic E-state index is -0.422. The van der Waals surface area contributed by atoms with Crippen molar-refractivity contribution in [1.29, 1.82) is 5.26 Å². The Bertz CT molecular complexity index is 319. The molecule has 1 atom stereocenters. The van der Waals surface area contributed by atoms with E-state index < -0.39 is 5.54 Å². The van der Waals surface area contributed by atoms with E-state index in [0.29, 0.717) is 6.04 Å². The lowest BCUT2D eigenvalue weighted by Gasteiger charge is -2.41. The second-order valence-electron chi connectivity index (χ2n) is 6.18. The summed E-state index contributed by atoms with van der Waals surface area (Å²) >= 11 is 0. The van der Waals surface area contributed by atoms with Crippen molar-refractivity contribution >= 4 is 0 Å². The highest BCUT2D eigenvalue weighted by atomic mass is 16.5. The van der Waals surface area contributed by atoms with Gasteiger partial charge in [-0.1, -0.05) is 0 Å². The Balaban J connectivity index is 1.91. The first-order valence-corrected chi connectivity index (χ1v) is 6.48. The average molecular weight is 237 g/mol. The molecule has 1 aliphatic carbocycles. The van der Waals surface area contributed by atoms with E-state index in [1.165, 1.54) is 12.8 Å². The molecule has 0 bridgehead atoms. The quantitative estimate of drug-likeness (QED) is 0.796. The summed E-state index contributed by atoms with van der Waals surface area (Å²) in [5.74, 6) is 0. The van der Waals surface area contributed by atoms with Crippen molar-refractivity contribution in [2.24, 2.45) is 0 Å². The van der Waals surface area contributed by atoms with E-state index >= 15 is 0 Å². The van der Waals surface area contributed by atoms with E-state index in [4.69, 9.17) is 4.74 Å². The molecule has 17 heavy (non-hydrogen) atoms. The zero-order valence-electron chi connectivity index (χ0n) is 11.1. The van der Waals surface area contributed by atoms with Gasteiger partial charge >= 0.3 is 0 Å². The second-order valence-corrected chi connectivity index (χ2v) is 6.18. The molecule has 0 aromatic rings. The van der Waals surface area contributed by atoms with Crippen LogP contribution in [0.25, 0.3) is 0 Å². The molecule has 2 fully saturated rings. The molecule has 1 unspecified atom stereocenters. The van der Waals surface area contributed by atoms with Crippen LogP contribution in [-0.2, 0) is 4.74 Å². The van der Waals surface area contributed by atoms with Gasteiger partial charge in [0, 0.05) is 25.7 Å². The smallest absolute Gasteiger partial charge is 0.116 e. The summed E-state index contributed by atoms with van der Waals surface area (Å²) in [6.07, 6.45) is 2.43. The van der Waals surface area contributed by atoms with Gasteiger partial charge in [-0.25, -0.2) is 0 Å². The van der Waals surface area contributed by atoms with Crippen molar-refractivity contribution in [2.45, 2.75) is 50.8 Å². The van der Waals surface area contributed by atoms with E-state index in [-0.39, 0.29) is 5.60 Å². The number of rotatable bonds is 4. The highest BCUT2D eigenvalue weighted by Gasteiger charge is 2.36. The molecule has 0 amide bonds. The first-order chi connectivity index (χ1) is 7.92. The second kappa shape index (κ2) is 4.56. The number of hydrogen-bond acceptors (Lipinski definition) is 4. The standard InChI is InChI=1S/C13H23N3O/c1-12(2)9-16(6-7-17-12)10-13(3,8-14)15-11-4-5-11/h11,15H,4-7,9-10H2,1-3H3. The molecule has 0 aromatic carbocycles. The summed E-state index contributed by atoms with van der Waals surface area (Å²) in [5, 5.41) is 12.8. The van der Waals surface area contributed by atoms with E-state index in [9.17, 15) is 5.26 Å². The van der Waals surface area contributed by atoms with Crippen LogP contribution in [0.4, 0.5) is 0 Å². The lowest BCUT2D eigenvalue weighted by atomic mass is 10.0. The minimum absolute atomic E-state index is 0.0891. The van der Waals surface area contributed by atoms with Gasteiger partial charge in [0.2, 0.25) is 0 Å². The van der Waals surface area contributed by atoms with E-state index in [1.807, 2.05) is 6.92 Å². The topological polar surface area (TPSA) is 48.3 Å². The molecular formula is C13H23N3O. The summed E-state index contributed by atoms with van der Waals surface area (Å²) in [7, 11) is 0. The highest BCUT2D eigenvalue weighted by Crippen LogP contribution is 2.24. The van der Waals surface area contributed by atoms with Gasteiger partial charge in [-0.05, 0) is 33.6 Å². The Labute approximate surface area is 104 Å². The molecule has 0 aromatic heterocycles. The molecule has 4 nitrogen and oxygen atoms in total. The number of morpholine rings is 1. The third-order valence-corrected chi connectivity index (χ3v) is 3.39. The van der Waals surface area contributed by atoms with Crippen LogP contribution >= 0.6 is 0 Å². The van der Waals surface area contributed by atoms with Crippen molar-refractivity contribution in [3.8, 4) is 6.07 Å². The van der Waals surface area contributed by atoms with Crippen molar-refractivity contribution in [1.82, 2.24) is 10.2 Å². The third-order valence-electron chi connectivity index (χ3n) is 3.39. The van der Waals surface area contributed by atoms with Crippen molar-refractivity contribution in [3.63, 3.8) is 0 Å². The fourth-order valence-electron chi connectivity index (χ4n) is 2.49. The Morgan fingerprint density at radius 1 is 1.53 bits per heavy atom. The van der Waals surface area contributed by atoms with E-state index in [1.54, 1.807) is 0 Å². The summed E-state index contributed by atoms with van der Waals surface area (Å²) in [5.41, 5.74) is -0.511. The van der Waals surface area contributed by atoms with Gasteiger partial charge in [0.1, 0.15) is 5.54 Å². The van der Waals surface area contributed by atoms with Crippen LogP contribution in [0.3, 0.4) is 0 Å². The predicted octanol–water partition coefficient (Wildman–Crippen LogP) is 1.13. The first-order valence-electron chi connectivity index (χ1n) is 6.48. The van der Waals surface area contributed by atoms with Crippen LogP contribution in [0.15, 0.2) is 0 Å². The molecule has 1 N–H and O–H groups in total. The average Bonchev–Trinajstić information content (AvgIpc) is 3.00. The monoisotopic (exact) mass is 237 g/mol. The van der Waals surface area contributed by atoms with Crippen LogP contribution < -0.4 is 5.32 Å². The lowest BCUT2D eigenvalue weighted by Crippen LogP contribution is -2.56. The Morgan fingerprint density at radius 2 is 2.24 bits per heavy atom. The normalized spacial score (nSPS) is 28.4. The fraction of sp³-hybridized carbons (Fsp3) is 0.923. The zero-order valence-corrected chi connectivity index (χ0v) is 11.1. The first kappa shape index (κ1) is 12.8. The molecule has 96 valence electrons. The van der Waals surface area contributed by atoms with Gasteiger partial charge in [-0.15, -0.1) is 0 Å². The maximum absolute atomic E-state index is 9.35. The SMILES string of the molecule is CC(C#N)(CN1CCOC(C)(C)C1)NC1CC1. The zero-order chi connectivity index (χ0) is 12.5. The fourth-order valence-corrected chi connectivity index (χ4v) is 2.49. The summed E-state index contributed by atoms with van der Waals surface area (Å²) < 4.78 is 5.69. The molecule has 1 aliphatic heterocycles. The van der Waals surface area contributed by atoms with Gasteiger partial charge in [0.05, 0.1) is 18.3 Å². The molecule has 2 aliphatic rings. The Morgan fingerprint density at radius 3 is 2.76 bits per heavy atom. The molecule has 2 rings (SSSR count). The molecule has 0 radical (unpaired) electrons. The molecule has 1 heterocycles. The lowest BCUT2D eigenvalue weighted by molar-refractivity contribution is -0.0890. The molecule has 1 saturated heterocycles. The summed E-state index contributed by atoms with van der Waals surface area (Å²) in [4.78, 5) is 2.34. The number of nitrogens with one attached hydrogen (secondary N) is 1. The van der Waals surface area contributed by atoms with Gasteiger partial charge in [0.15, 0.2) is 0 Å². The van der Waals surface area contributed by atoms with Crippen molar-refractivity contribution in [3.05, 3.63) is 0 Å². The number of ether oxygens (including phenoxy) is 1. The number of nitrogens with zero attached hydrogens (tertiary/aromatic N) is 2. The Kier molecular flexibility index (Phi) is 3.44. The largest absolute Gasteiger partial charge is 0.373 e. The van der Waals surface area contributed by atoms with Crippen LogP contribution in [0.2, 0.25) is 0 Å². The summed E-state index contributed by atoms with van der Waals surface area (Å²) in [6, 6.07) is 2.99.